The van der Waals surface area contributed by atoms with E-state index < -0.39 is 11.7 Å². The van der Waals surface area contributed by atoms with Gasteiger partial charge in [-0.1, -0.05) is 18.2 Å². The predicted molar refractivity (Wildman–Crippen MR) is 71.0 cm³/mol. The predicted octanol–water partition coefficient (Wildman–Crippen LogP) is 2.71. The second kappa shape index (κ2) is 7.28. The Morgan fingerprint density at radius 2 is 1.90 bits per heavy atom. The molecule has 0 aliphatic heterocycles. The smallest absolute Gasteiger partial charge is 0.354 e. The molecule has 3 nitrogen and oxygen atoms in total. The number of benzene rings is 1. The molecule has 0 aliphatic carbocycles. The van der Waals surface area contributed by atoms with E-state index in [-0.39, 0.29) is 30.5 Å². The minimum atomic E-state index is -4.35. The molecule has 0 unspecified atom stereocenters. The van der Waals surface area contributed by atoms with Crippen molar-refractivity contribution in [2.45, 2.75) is 39.0 Å². The molecule has 1 amide bonds. The van der Waals surface area contributed by atoms with Crippen molar-refractivity contribution in [3.63, 3.8) is 0 Å². The summed E-state index contributed by atoms with van der Waals surface area (Å²) in [7, 11) is 0. The van der Waals surface area contributed by atoms with Gasteiger partial charge in [-0.15, -0.1) is 0 Å². The van der Waals surface area contributed by atoms with Gasteiger partial charge in [0.1, 0.15) is 0 Å². The van der Waals surface area contributed by atoms with Crippen molar-refractivity contribution in [1.29, 1.82) is 0 Å². The van der Waals surface area contributed by atoms with Crippen LogP contribution in [0.2, 0.25) is 0 Å². The van der Waals surface area contributed by atoms with E-state index in [1.54, 1.807) is 6.07 Å². The fourth-order valence-corrected chi connectivity index (χ4v) is 1.77. The molecule has 0 saturated carbocycles. The highest BCUT2D eigenvalue weighted by atomic mass is 19.4. The largest absolute Gasteiger partial charge is 0.416 e. The molecule has 6 heteroatoms. The molecule has 0 aromatic heterocycles. The molecule has 1 aromatic carbocycles. The van der Waals surface area contributed by atoms with Gasteiger partial charge in [-0.2, -0.15) is 13.2 Å². The molecule has 0 spiro atoms. The number of alkyl halides is 3. The van der Waals surface area contributed by atoms with E-state index in [9.17, 15) is 18.0 Å². The van der Waals surface area contributed by atoms with Gasteiger partial charge in [0.05, 0.1) is 5.56 Å². The van der Waals surface area contributed by atoms with Gasteiger partial charge < -0.3 is 10.6 Å². The summed E-state index contributed by atoms with van der Waals surface area (Å²) in [6, 6.07) is 5.49. The van der Waals surface area contributed by atoms with E-state index in [0.717, 1.165) is 6.07 Å². The van der Waals surface area contributed by atoms with Crippen LogP contribution in [0.5, 0.6) is 0 Å². The maximum absolute atomic E-state index is 12.7. The van der Waals surface area contributed by atoms with E-state index in [1.807, 2.05) is 13.8 Å². The van der Waals surface area contributed by atoms with Gasteiger partial charge in [0.25, 0.3) is 0 Å². The lowest BCUT2D eigenvalue weighted by Gasteiger charge is -2.13. The van der Waals surface area contributed by atoms with Crippen LogP contribution < -0.4 is 10.6 Å². The number of hydrogen-bond acceptors (Lipinski definition) is 2. The Kier molecular flexibility index (Phi) is 6.01. The summed E-state index contributed by atoms with van der Waals surface area (Å²) in [5.74, 6) is -0.114. The lowest BCUT2D eigenvalue weighted by Crippen LogP contribution is -2.32. The molecule has 1 rings (SSSR count). The highest BCUT2D eigenvalue weighted by Gasteiger charge is 2.32. The molecule has 2 N–H and O–H groups in total. The van der Waals surface area contributed by atoms with Crippen LogP contribution in [0, 0.1) is 0 Å². The number of halogens is 3. The lowest BCUT2D eigenvalue weighted by molar-refractivity contribution is -0.138. The van der Waals surface area contributed by atoms with Gasteiger partial charge in [-0.25, -0.2) is 0 Å². The Morgan fingerprint density at radius 1 is 1.25 bits per heavy atom. The van der Waals surface area contributed by atoms with Crippen LogP contribution in [0.3, 0.4) is 0 Å². The number of rotatable bonds is 6. The molecule has 0 heterocycles. The van der Waals surface area contributed by atoms with Gasteiger partial charge in [0, 0.05) is 25.6 Å². The Labute approximate surface area is 116 Å². The zero-order valence-corrected chi connectivity index (χ0v) is 11.6. The van der Waals surface area contributed by atoms with Crippen molar-refractivity contribution >= 4 is 5.91 Å². The van der Waals surface area contributed by atoms with E-state index >= 15 is 0 Å². The highest BCUT2D eigenvalue weighted by Crippen LogP contribution is 2.31. The van der Waals surface area contributed by atoms with Crippen LogP contribution in [0.15, 0.2) is 24.3 Å². The summed E-state index contributed by atoms with van der Waals surface area (Å²) in [4.78, 5) is 11.4. The third-order valence-electron chi connectivity index (χ3n) is 2.62. The van der Waals surface area contributed by atoms with Crippen LogP contribution in [-0.2, 0) is 17.5 Å². The second-order valence-corrected chi connectivity index (χ2v) is 4.80. The Morgan fingerprint density at radius 3 is 2.50 bits per heavy atom. The quantitative estimate of drug-likeness (QED) is 0.790. The number of carbonyl (C=O) groups is 1. The monoisotopic (exact) mass is 288 g/mol. The fraction of sp³-hybridized carbons (Fsp3) is 0.500. The van der Waals surface area contributed by atoms with Gasteiger partial charge in [-0.05, 0) is 25.5 Å². The first-order valence-electron chi connectivity index (χ1n) is 6.46. The third-order valence-corrected chi connectivity index (χ3v) is 2.62. The second-order valence-electron chi connectivity index (χ2n) is 4.80. The molecule has 0 bridgehead atoms. The molecule has 112 valence electrons. The Hall–Kier alpha value is -1.56. The normalized spacial score (nSPS) is 11.7. The van der Waals surface area contributed by atoms with Crippen LogP contribution in [-0.4, -0.2) is 18.5 Å². The van der Waals surface area contributed by atoms with Crippen LogP contribution in [0.4, 0.5) is 13.2 Å². The first kappa shape index (κ1) is 16.5. The summed E-state index contributed by atoms with van der Waals surface area (Å²) in [5.41, 5.74) is -0.455. The summed E-state index contributed by atoms with van der Waals surface area (Å²) >= 11 is 0. The van der Waals surface area contributed by atoms with Crippen molar-refractivity contribution in [3.8, 4) is 0 Å². The van der Waals surface area contributed by atoms with Gasteiger partial charge in [-0.3, -0.25) is 4.79 Å². The van der Waals surface area contributed by atoms with Gasteiger partial charge in [0.15, 0.2) is 0 Å². The van der Waals surface area contributed by atoms with E-state index in [0.29, 0.717) is 6.54 Å². The zero-order chi connectivity index (χ0) is 15.2. The number of nitrogens with one attached hydrogen (secondary N) is 2. The van der Waals surface area contributed by atoms with Crippen molar-refractivity contribution in [2.24, 2.45) is 0 Å². The Balaban J connectivity index is 2.45. The minimum Gasteiger partial charge on any atom is -0.354 e. The lowest BCUT2D eigenvalue weighted by atomic mass is 10.1. The fourth-order valence-electron chi connectivity index (χ4n) is 1.77. The maximum atomic E-state index is 12.7. The van der Waals surface area contributed by atoms with E-state index in [1.165, 1.54) is 12.1 Å². The highest BCUT2D eigenvalue weighted by molar-refractivity contribution is 5.76. The van der Waals surface area contributed by atoms with Gasteiger partial charge in [0.2, 0.25) is 5.91 Å². The summed E-state index contributed by atoms with van der Waals surface area (Å²) < 4.78 is 38.2. The standard InChI is InChI=1S/C14H19F3N2O/c1-10(2)19-13(20)7-8-18-9-11-5-3-4-6-12(11)14(15,16)17/h3-6,10,18H,7-9H2,1-2H3,(H,19,20). The first-order chi connectivity index (χ1) is 9.30. The SMILES string of the molecule is CC(C)NC(=O)CCNCc1ccccc1C(F)(F)F. The molecule has 0 aliphatic rings. The van der Waals surface area contributed by atoms with Crippen molar-refractivity contribution in [2.75, 3.05) is 6.54 Å². The number of amides is 1. The summed E-state index contributed by atoms with van der Waals surface area (Å²) in [6.07, 6.45) is -4.11. The van der Waals surface area contributed by atoms with Crippen molar-refractivity contribution in [3.05, 3.63) is 35.4 Å². The molecule has 20 heavy (non-hydrogen) atoms. The molecule has 0 radical (unpaired) electrons. The van der Waals surface area contributed by atoms with Crippen LogP contribution in [0.25, 0.3) is 0 Å². The van der Waals surface area contributed by atoms with E-state index in [2.05, 4.69) is 10.6 Å². The average Bonchev–Trinajstić information content (AvgIpc) is 2.33. The molecular formula is C14H19F3N2O. The van der Waals surface area contributed by atoms with Crippen LogP contribution in [0.1, 0.15) is 31.4 Å². The molecule has 0 saturated heterocycles. The minimum absolute atomic E-state index is 0.0634. The maximum Gasteiger partial charge on any atom is 0.416 e. The molecular weight excluding hydrogens is 269 g/mol. The van der Waals surface area contributed by atoms with Crippen LogP contribution >= 0.6 is 0 Å². The molecule has 0 fully saturated rings. The third kappa shape index (κ3) is 5.61. The first-order valence-corrected chi connectivity index (χ1v) is 6.46. The zero-order valence-electron chi connectivity index (χ0n) is 11.6. The Bertz CT molecular complexity index is 444. The average molecular weight is 288 g/mol. The number of hydrogen-bond donors (Lipinski definition) is 2. The topological polar surface area (TPSA) is 41.1 Å². The number of carbonyl (C=O) groups excluding carboxylic acids is 1. The van der Waals surface area contributed by atoms with E-state index in [4.69, 9.17) is 0 Å². The summed E-state index contributed by atoms with van der Waals surface area (Å²) in [6.45, 7) is 4.13. The molecule has 1 aromatic rings. The van der Waals surface area contributed by atoms with Crippen molar-refractivity contribution in [1.82, 2.24) is 10.6 Å². The molecule has 0 atom stereocenters. The summed E-state index contributed by atoms with van der Waals surface area (Å²) in [5, 5.41) is 5.58. The van der Waals surface area contributed by atoms with Crippen molar-refractivity contribution < 1.29 is 18.0 Å². The van der Waals surface area contributed by atoms with Gasteiger partial charge >= 0.3 is 6.18 Å².